The summed E-state index contributed by atoms with van der Waals surface area (Å²) in [5.41, 5.74) is 0.367. The van der Waals surface area contributed by atoms with Crippen molar-refractivity contribution >= 4 is 40.7 Å². The highest BCUT2D eigenvalue weighted by Gasteiger charge is 2.19. The molecule has 1 aromatic rings. The maximum absolute atomic E-state index is 11.7. The first-order chi connectivity index (χ1) is 8.49. The highest BCUT2D eigenvalue weighted by molar-refractivity contribution is 6.42. The molecule has 0 aromatic heterocycles. The van der Waals surface area contributed by atoms with Crippen molar-refractivity contribution in [3.8, 4) is 0 Å². The minimum Gasteiger partial charge on any atom is -0.335 e. The van der Waals surface area contributed by atoms with Gasteiger partial charge in [0.25, 0.3) is 0 Å². The lowest BCUT2D eigenvalue weighted by Crippen LogP contribution is -2.39. The Bertz CT molecular complexity index is 459. The number of carbonyl (C=O) groups is 2. The van der Waals surface area contributed by atoms with Crippen LogP contribution in [-0.4, -0.2) is 29.8 Å². The number of anilines is 1. The summed E-state index contributed by atoms with van der Waals surface area (Å²) in [7, 11) is 0. The summed E-state index contributed by atoms with van der Waals surface area (Å²) in [5.74, 6) is -1.28. The number of likely N-dealkylation sites (N-methyl/N-ethyl adjacent to an activating group) is 1. The number of hydrogen-bond donors (Lipinski definition) is 1. The topological polar surface area (TPSA) is 49.4 Å². The van der Waals surface area contributed by atoms with E-state index in [1.165, 1.54) is 11.0 Å². The van der Waals surface area contributed by atoms with Gasteiger partial charge in [-0.05, 0) is 32.0 Å². The third-order valence-electron chi connectivity index (χ3n) is 2.42. The molecule has 0 aliphatic heterocycles. The van der Waals surface area contributed by atoms with Crippen molar-refractivity contribution in [2.45, 2.75) is 13.8 Å². The van der Waals surface area contributed by atoms with Gasteiger partial charge in [-0.1, -0.05) is 23.2 Å². The van der Waals surface area contributed by atoms with Gasteiger partial charge in [-0.3, -0.25) is 9.59 Å². The Morgan fingerprint density at radius 1 is 1.22 bits per heavy atom. The minimum atomic E-state index is -0.706. The Hall–Kier alpha value is -1.26. The molecule has 0 unspecified atom stereocenters. The van der Waals surface area contributed by atoms with E-state index in [9.17, 15) is 9.59 Å². The maximum Gasteiger partial charge on any atom is 0.313 e. The lowest BCUT2D eigenvalue weighted by Gasteiger charge is -2.17. The average molecular weight is 289 g/mol. The normalized spacial score (nSPS) is 10.0. The first-order valence-electron chi connectivity index (χ1n) is 5.54. The zero-order valence-corrected chi connectivity index (χ0v) is 11.7. The number of carbonyl (C=O) groups excluding carboxylic acids is 2. The monoisotopic (exact) mass is 288 g/mol. The van der Waals surface area contributed by atoms with Crippen LogP contribution in [0.15, 0.2) is 18.2 Å². The van der Waals surface area contributed by atoms with Gasteiger partial charge < -0.3 is 10.2 Å². The van der Waals surface area contributed by atoms with Crippen LogP contribution in [0.5, 0.6) is 0 Å². The van der Waals surface area contributed by atoms with E-state index in [1.54, 1.807) is 12.1 Å². The molecule has 1 rings (SSSR count). The van der Waals surface area contributed by atoms with Gasteiger partial charge in [-0.25, -0.2) is 0 Å². The van der Waals surface area contributed by atoms with Crippen molar-refractivity contribution in [2.24, 2.45) is 0 Å². The largest absolute Gasteiger partial charge is 0.335 e. The summed E-state index contributed by atoms with van der Waals surface area (Å²) < 4.78 is 0. The quantitative estimate of drug-likeness (QED) is 0.870. The lowest BCUT2D eigenvalue weighted by atomic mass is 10.3. The molecule has 2 amide bonds. The summed E-state index contributed by atoms with van der Waals surface area (Å²) in [6.07, 6.45) is 0. The van der Waals surface area contributed by atoms with E-state index < -0.39 is 11.8 Å². The summed E-state index contributed by atoms with van der Waals surface area (Å²) in [4.78, 5) is 24.9. The number of nitrogens with one attached hydrogen (secondary N) is 1. The zero-order chi connectivity index (χ0) is 13.7. The highest BCUT2D eigenvalue weighted by atomic mass is 35.5. The molecule has 18 heavy (non-hydrogen) atoms. The predicted octanol–water partition coefficient (Wildman–Crippen LogP) is 2.80. The van der Waals surface area contributed by atoms with Gasteiger partial charge in [0.05, 0.1) is 10.7 Å². The van der Waals surface area contributed by atoms with Crippen molar-refractivity contribution in [1.29, 1.82) is 0 Å². The smallest absolute Gasteiger partial charge is 0.313 e. The fourth-order valence-corrected chi connectivity index (χ4v) is 1.88. The molecule has 0 aliphatic carbocycles. The van der Waals surface area contributed by atoms with Gasteiger partial charge in [0.1, 0.15) is 0 Å². The standard InChI is InChI=1S/C12H14Cl2N2O2/c1-3-16(4-2)12(18)11(17)15-10-6-5-8(13)7-9(10)14/h5-7H,3-4H2,1-2H3,(H,15,17). The van der Waals surface area contributed by atoms with Crippen molar-refractivity contribution in [3.63, 3.8) is 0 Å². The zero-order valence-electron chi connectivity index (χ0n) is 10.2. The second-order valence-electron chi connectivity index (χ2n) is 3.56. The van der Waals surface area contributed by atoms with Gasteiger partial charge in [0, 0.05) is 18.1 Å². The molecular formula is C12H14Cl2N2O2. The summed E-state index contributed by atoms with van der Waals surface area (Å²) >= 11 is 11.6. The predicted molar refractivity (Wildman–Crippen MR) is 73.0 cm³/mol. The first-order valence-corrected chi connectivity index (χ1v) is 6.30. The fourth-order valence-electron chi connectivity index (χ4n) is 1.42. The molecule has 0 heterocycles. The Labute approximate surface area is 116 Å². The first kappa shape index (κ1) is 14.8. The fraction of sp³-hybridized carbons (Fsp3) is 0.333. The van der Waals surface area contributed by atoms with Crippen molar-refractivity contribution in [1.82, 2.24) is 4.90 Å². The van der Waals surface area contributed by atoms with Crippen LogP contribution in [0, 0.1) is 0 Å². The van der Waals surface area contributed by atoms with Crippen molar-refractivity contribution in [2.75, 3.05) is 18.4 Å². The molecular weight excluding hydrogens is 275 g/mol. The second kappa shape index (κ2) is 6.61. The molecule has 0 aliphatic rings. The van der Waals surface area contributed by atoms with E-state index >= 15 is 0 Å². The van der Waals surface area contributed by atoms with Crippen molar-refractivity contribution in [3.05, 3.63) is 28.2 Å². The molecule has 0 saturated carbocycles. The molecule has 0 saturated heterocycles. The van der Waals surface area contributed by atoms with Gasteiger partial charge in [0.15, 0.2) is 0 Å². The number of hydrogen-bond acceptors (Lipinski definition) is 2. The molecule has 1 N–H and O–H groups in total. The Balaban J connectivity index is 2.78. The summed E-state index contributed by atoms with van der Waals surface area (Å²) in [6.45, 7) is 4.59. The number of benzene rings is 1. The summed E-state index contributed by atoms with van der Waals surface area (Å²) in [5, 5.41) is 3.23. The van der Waals surface area contributed by atoms with Crippen LogP contribution in [0.2, 0.25) is 10.0 Å². The van der Waals surface area contributed by atoms with Gasteiger partial charge in [0.2, 0.25) is 0 Å². The lowest BCUT2D eigenvalue weighted by molar-refractivity contribution is -0.142. The maximum atomic E-state index is 11.7. The van der Waals surface area contributed by atoms with E-state index in [2.05, 4.69) is 5.32 Å². The van der Waals surface area contributed by atoms with E-state index in [4.69, 9.17) is 23.2 Å². The molecule has 0 fully saturated rings. The molecule has 0 atom stereocenters. The van der Waals surface area contributed by atoms with Gasteiger partial charge in [-0.2, -0.15) is 0 Å². The molecule has 98 valence electrons. The molecule has 4 nitrogen and oxygen atoms in total. The van der Waals surface area contributed by atoms with Crippen LogP contribution in [0.25, 0.3) is 0 Å². The highest BCUT2D eigenvalue weighted by Crippen LogP contribution is 2.25. The van der Waals surface area contributed by atoms with Crippen LogP contribution in [0.4, 0.5) is 5.69 Å². The number of nitrogens with zero attached hydrogens (tertiary/aromatic N) is 1. The van der Waals surface area contributed by atoms with Crippen molar-refractivity contribution < 1.29 is 9.59 Å². The Morgan fingerprint density at radius 2 is 1.83 bits per heavy atom. The number of halogens is 2. The second-order valence-corrected chi connectivity index (χ2v) is 4.40. The van der Waals surface area contributed by atoms with Crippen LogP contribution < -0.4 is 5.32 Å². The molecule has 6 heteroatoms. The van der Waals surface area contributed by atoms with E-state index in [0.717, 1.165) is 0 Å². The van der Waals surface area contributed by atoms with E-state index in [1.807, 2.05) is 13.8 Å². The molecule has 0 radical (unpaired) electrons. The molecule has 1 aromatic carbocycles. The SMILES string of the molecule is CCN(CC)C(=O)C(=O)Nc1ccc(Cl)cc1Cl. The average Bonchev–Trinajstić information content (AvgIpc) is 2.34. The molecule has 0 spiro atoms. The minimum absolute atomic E-state index is 0.295. The van der Waals surface area contributed by atoms with Crippen LogP contribution >= 0.6 is 23.2 Å². The van der Waals surface area contributed by atoms with Gasteiger partial charge >= 0.3 is 11.8 Å². The van der Waals surface area contributed by atoms with E-state index in [0.29, 0.717) is 28.8 Å². The number of rotatable bonds is 3. The van der Waals surface area contributed by atoms with Gasteiger partial charge in [-0.15, -0.1) is 0 Å². The summed E-state index contributed by atoms with van der Waals surface area (Å²) in [6, 6.07) is 4.64. The van der Waals surface area contributed by atoms with Crippen LogP contribution in [0.1, 0.15) is 13.8 Å². The third-order valence-corrected chi connectivity index (χ3v) is 2.97. The van der Waals surface area contributed by atoms with Crippen LogP contribution in [0.3, 0.4) is 0 Å². The van der Waals surface area contributed by atoms with E-state index in [-0.39, 0.29) is 0 Å². The Kier molecular flexibility index (Phi) is 5.44. The Morgan fingerprint density at radius 3 is 2.33 bits per heavy atom. The number of amides is 2. The third kappa shape index (κ3) is 3.62. The van der Waals surface area contributed by atoms with Crippen LogP contribution in [-0.2, 0) is 9.59 Å². The molecule has 0 bridgehead atoms.